The van der Waals surface area contributed by atoms with Crippen LogP contribution >= 0.6 is 0 Å². The lowest BCUT2D eigenvalue weighted by atomic mass is 9.85. The molecule has 0 fully saturated rings. The van der Waals surface area contributed by atoms with E-state index in [2.05, 4.69) is 0 Å². The normalized spacial score (nSPS) is 27.5. The highest BCUT2D eigenvalue weighted by Crippen LogP contribution is 2.39. The molecule has 0 heterocycles. The van der Waals surface area contributed by atoms with Gasteiger partial charge in [0.1, 0.15) is 0 Å². The summed E-state index contributed by atoms with van der Waals surface area (Å²) in [6.07, 6.45) is 7.81. The fraction of sp³-hybridized carbons (Fsp3) is 0.500. The van der Waals surface area contributed by atoms with Crippen LogP contribution in [0.3, 0.4) is 0 Å². The van der Waals surface area contributed by atoms with Gasteiger partial charge in [0.25, 0.3) is 0 Å². The third-order valence-electron chi connectivity index (χ3n) is 3.28. The second-order valence-electron chi connectivity index (χ2n) is 4.13. The molecule has 0 aliphatic heterocycles. The number of nitrogens with zero attached hydrogens (tertiary/aromatic N) is 1. The molecule has 0 radical (unpaired) electrons. The van der Waals surface area contributed by atoms with Crippen LogP contribution in [0.1, 0.15) is 19.3 Å². The van der Waals surface area contributed by atoms with E-state index in [4.69, 9.17) is 9.47 Å². The fourth-order valence-corrected chi connectivity index (χ4v) is 2.31. The monoisotopic (exact) mass is 237 g/mol. The van der Waals surface area contributed by atoms with Gasteiger partial charge in [-0.3, -0.25) is 10.1 Å². The van der Waals surface area contributed by atoms with Gasteiger partial charge in [0.15, 0.2) is 0 Å². The summed E-state index contributed by atoms with van der Waals surface area (Å²) in [5.41, 5.74) is 0.504. The molecule has 5 heteroatoms. The highest BCUT2D eigenvalue weighted by atomic mass is 16.7. The number of hydrogen-bond donors (Lipinski definition) is 0. The average molecular weight is 237 g/mol. The molecule has 0 aromatic rings. The standard InChI is InChI=1S/C12H15NO4/c1-16-11-7-9-5-3-4-6-10(9)8-12(11,17-2)13(14)15/h4,6-7H,3,5,8H2,1-2H3. The van der Waals surface area contributed by atoms with E-state index in [1.54, 1.807) is 6.08 Å². The molecule has 5 nitrogen and oxygen atoms in total. The zero-order valence-corrected chi connectivity index (χ0v) is 9.93. The summed E-state index contributed by atoms with van der Waals surface area (Å²) in [6.45, 7) is 0. The van der Waals surface area contributed by atoms with Gasteiger partial charge in [-0.15, -0.1) is 0 Å². The van der Waals surface area contributed by atoms with Crippen LogP contribution < -0.4 is 0 Å². The van der Waals surface area contributed by atoms with Crippen molar-refractivity contribution in [2.75, 3.05) is 14.2 Å². The van der Waals surface area contributed by atoms with E-state index in [9.17, 15) is 10.1 Å². The maximum Gasteiger partial charge on any atom is 0.386 e. The van der Waals surface area contributed by atoms with Crippen molar-refractivity contribution in [3.63, 3.8) is 0 Å². The highest BCUT2D eigenvalue weighted by molar-refractivity contribution is 5.43. The average Bonchev–Trinajstić information content (AvgIpc) is 2.36. The molecule has 0 aromatic heterocycles. The van der Waals surface area contributed by atoms with Crippen molar-refractivity contribution in [2.45, 2.75) is 25.0 Å². The van der Waals surface area contributed by atoms with E-state index in [1.807, 2.05) is 12.2 Å². The molecule has 0 saturated heterocycles. The molecule has 2 rings (SSSR count). The maximum absolute atomic E-state index is 11.3. The summed E-state index contributed by atoms with van der Waals surface area (Å²) in [4.78, 5) is 10.8. The van der Waals surface area contributed by atoms with Crippen LogP contribution in [0.5, 0.6) is 0 Å². The first-order valence-electron chi connectivity index (χ1n) is 5.48. The minimum Gasteiger partial charge on any atom is -0.492 e. The number of allylic oxidation sites excluding steroid dienone is 4. The predicted molar refractivity (Wildman–Crippen MR) is 61.8 cm³/mol. The molecule has 0 amide bonds. The van der Waals surface area contributed by atoms with Crippen LogP contribution in [-0.2, 0) is 9.47 Å². The molecule has 2 aliphatic carbocycles. The van der Waals surface area contributed by atoms with Gasteiger partial charge in [0, 0.05) is 7.11 Å². The van der Waals surface area contributed by atoms with Crippen molar-refractivity contribution in [1.29, 1.82) is 0 Å². The third kappa shape index (κ3) is 1.76. The van der Waals surface area contributed by atoms with Crippen molar-refractivity contribution >= 4 is 0 Å². The molecule has 0 spiro atoms. The van der Waals surface area contributed by atoms with E-state index in [1.165, 1.54) is 14.2 Å². The van der Waals surface area contributed by atoms with Crippen LogP contribution in [0.25, 0.3) is 0 Å². The van der Waals surface area contributed by atoms with Gasteiger partial charge in [-0.25, -0.2) is 0 Å². The summed E-state index contributed by atoms with van der Waals surface area (Å²) >= 11 is 0. The van der Waals surface area contributed by atoms with Gasteiger partial charge in [0.2, 0.25) is 5.76 Å². The van der Waals surface area contributed by atoms with E-state index in [-0.39, 0.29) is 12.2 Å². The molecule has 17 heavy (non-hydrogen) atoms. The minimum absolute atomic E-state index is 0.224. The van der Waals surface area contributed by atoms with Crippen molar-refractivity contribution < 1.29 is 14.4 Å². The Morgan fingerprint density at radius 2 is 2.18 bits per heavy atom. The zero-order chi connectivity index (χ0) is 12.5. The number of hydrogen-bond acceptors (Lipinski definition) is 4. The lowest BCUT2D eigenvalue weighted by Crippen LogP contribution is -2.45. The van der Waals surface area contributed by atoms with Crippen LogP contribution in [0, 0.1) is 10.1 Å². The second-order valence-corrected chi connectivity index (χ2v) is 4.13. The topological polar surface area (TPSA) is 61.6 Å². The summed E-state index contributed by atoms with van der Waals surface area (Å²) in [6, 6.07) is 0. The Hall–Kier alpha value is -1.62. The first-order chi connectivity index (χ1) is 8.14. The molecule has 1 unspecified atom stereocenters. The second kappa shape index (κ2) is 4.33. The molecule has 0 bridgehead atoms. The van der Waals surface area contributed by atoms with Crippen LogP contribution in [0.2, 0.25) is 0 Å². The summed E-state index contributed by atoms with van der Waals surface area (Å²) in [5, 5.41) is 11.3. The first-order valence-corrected chi connectivity index (χ1v) is 5.48. The molecule has 2 aliphatic rings. The van der Waals surface area contributed by atoms with Gasteiger partial charge in [-0.2, -0.15) is 0 Å². The van der Waals surface area contributed by atoms with Crippen LogP contribution in [0.4, 0.5) is 0 Å². The highest BCUT2D eigenvalue weighted by Gasteiger charge is 2.52. The quantitative estimate of drug-likeness (QED) is 0.429. The van der Waals surface area contributed by atoms with Gasteiger partial charge in [-0.05, 0) is 30.1 Å². The van der Waals surface area contributed by atoms with Crippen molar-refractivity contribution in [3.05, 3.63) is 45.2 Å². The first kappa shape index (κ1) is 11.9. The fourth-order valence-electron chi connectivity index (χ4n) is 2.31. The minimum atomic E-state index is -1.57. The molecular weight excluding hydrogens is 222 g/mol. The molecule has 92 valence electrons. The van der Waals surface area contributed by atoms with Crippen molar-refractivity contribution in [3.8, 4) is 0 Å². The van der Waals surface area contributed by atoms with E-state index < -0.39 is 10.6 Å². The van der Waals surface area contributed by atoms with E-state index >= 15 is 0 Å². The number of ether oxygens (including phenoxy) is 2. The van der Waals surface area contributed by atoms with Gasteiger partial charge >= 0.3 is 5.72 Å². The number of rotatable bonds is 3. The third-order valence-corrected chi connectivity index (χ3v) is 3.28. The summed E-state index contributed by atoms with van der Waals surface area (Å²) < 4.78 is 10.3. The summed E-state index contributed by atoms with van der Waals surface area (Å²) in [5.74, 6) is 0.277. The van der Waals surface area contributed by atoms with Gasteiger partial charge in [-0.1, -0.05) is 12.2 Å². The van der Waals surface area contributed by atoms with E-state index in [0.29, 0.717) is 0 Å². The van der Waals surface area contributed by atoms with Crippen LogP contribution in [0.15, 0.2) is 35.1 Å². The molecule has 0 N–H and O–H groups in total. The Morgan fingerprint density at radius 1 is 1.41 bits per heavy atom. The van der Waals surface area contributed by atoms with Gasteiger partial charge in [0.05, 0.1) is 18.5 Å². The number of methoxy groups -OCH3 is 2. The largest absolute Gasteiger partial charge is 0.492 e. The molecule has 1 atom stereocenters. The Balaban J connectivity index is 2.47. The smallest absolute Gasteiger partial charge is 0.386 e. The molecule has 0 saturated carbocycles. The number of nitro groups is 1. The van der Waals surface area contributed by atoms with Crippen molar-refractivity contribution in [1.82, 2.24) is 0 Å². The Bertz CT molecular complexity index is 436. The SMILES string of the molecule is COC1=CC2=C(C=CCC2)CC1(OC)[N+](=O)[O-]. The molecule has 0 aromatic carbocycles. The lowest BCUT2D eigenvalue weighted by molar-refractivity contribution is -0.619. The van der Waals surface area contributed by atoms with Crippen LogP contribution in [-0.4, -0.2) is 24.9 Å². The van der Waals surface area contributed by atoms with Crippen molar-refractivity contribution in [2.24, 2.45) is 0 Å². The lowest BCUT2D eigenvalue weighted by Gasteiger charge is -2.30. The summed E-state index contributed by atoms with van der Waals surface area (Å²) in [7, 11) is 2.78. The van der Waals surface area contributed by atoms with E-state index in [0.717, 1.165) is 24.0 Å². The Morgan fingerprint density at radius 3 is 2.76 bits per heavy atom. The Kier molecular flexibility index (Phi) is 3.02. The van der Waals surface area contributed by atoms with Gasteiger partial charge < -0.3 is 9.47 Å². The maximum atomic E-state index is 11.3. The Labute approximate surface area is 99.6 Å². The molecular formula is C12H15NO4. The zero-order valence-electron chi connectivity index (χ0n) is 9.93. The predicted octanol–water partition coefficient (Wildman–Crippen LogP) is 2.19.